The summed E-state index contributed by atoms with van der Waals surface area (Å²) >= 11 is 13.5. The normalized spacial score (nSPS) is 11.9. The lowest BCUT2D eigenvalue weighted by Crippen LogP contribution is -2.19. The van der Waals surface area contributed by atoms with Crippen LogP contribution in [0, 0.1) is 0 Å². The number of halogens is 2. The summed E-state index contributed by atoms with van der Waals surface area (Å²) in [5.74, 6) is -0.172. The Morgan fingerprint density at radius 2 is 1.59 bits per heavy atom. The Kier molecular flexibility index (Phi) is 6.05. The third-order valence-electron chi connectivity index (χ3n) is 4.32. The van der Waals surface area contributed by atoms with E-state index in [4.69, 9.17) is 23.2 Å². The summed E-state index contributed by atoms with van der Waals surface area (Å²) in [6.45, 7) is 0. The number of pyridine rings is 1. The Bertz CT molecular complexity index is 1150. The summed E-state index contributed by atoms with van der Waals surface area (Å²) < 4.78 is 0. The number of rotatable bonds is 5. The number of carbonyl (C=O) groups excluding carboxylic acids is 1. The van der Waals surface area contributed by atoms with Crippen molar-refractivity contribution < 1.29 is 4.79 Å². The highest BCUT2D eigenvalue weighted by atomic mass is 35.5. The smallest absolute Gasteiger partial charge is 0.242 e. The van der Waals surface area contributed by atoms with Gasteiger partial charge in [-0.15, -0.1) is 0 Å². The number of amides is 1. The topological polar surface area (TPSA) is 42.0 Å². The second kappa shape index (κ2) is 8.87. The van der Waals surface area contributed by atoms with Crippen molar-refractivity contribution in [3.63, 3.8) is 0 Å². The van der Waals surface area contributed by atoms with Crippen LogP contribution in [0.2, 0.25) is 10.0 Å². The molecule has 3 nitrogen and oxygen atoms in total. The van der Waals surface area contributed by atoms with Gasteiger partial charge in [0.05, 0.1) is 5.03 Å². The van der Waals surface area contributed by atoms with Crippen LogP contribution in [0.25, 0.3) is 10.8 Å². The predicted octanol–water partition coefficient (Wildman–Crippen LogP) is 7.01. The van der Waals surface area contributed by atoms with Crippen molar-refractivity contribution in [2.45, 2.75) is 10.3 Å². The maximum absolute atomic E-state index is 13.2. The Balaban J connectivity index is 1.69. The molecule has 3 aromatic carbocycles. The van der Waals surface area contributed by atoms with E-state index in [0.717, 1.165) is 21.4 Å². The zero-order valence-electron chi connectivity index (χ0n) is 15.2. The van der Waals surface area contributed by atoms with E-state index in [-0.39, 0.29) is 5.91 Å². The van der Waals surface area contributed by atoms with Gasteiger partial charge in [0.2, 0.25) is 5.91 Å². The van der Waals surface area contributed by atoms with E-state index in [1.807, 2.05) is 60.7 Å². The van der Waals surface area contributed by atoms with Crippen LogP contribution in [-0.2, 0) is 4.79 Å². The highest BCUT2D eigenvalue weighted by Gasteiger charge is 2.23. The van der Waals surface area contributed by atoms with Crippen molar-refractivity contribution >= 4 is 57.3 Å². The molecule has 1 amide bonds. The Hall–Kier alpha value is -2.53. The van der Waals surface area contributed by atoms with Crippen molar-refractivity contribution in [1.82, 2.24) is 4.98 Å². The molecule has 1 heterocycles. The molecule has 1 aromatic heterocycles. The van der Waals surface area contributed by atoms with Gasteiger partial charge < -0.3 is 5.32 Å². The van der Waals surface area contributed by atoms with Crippen molar-refractivity contribution in [3.05, 3.63) is 101 Å². The van der Waals surface area contributed by atoms with Gasteiger partial charge in [-0.1, -0.05) is 77.4 Å². The van der Waals surface area contributed by atoms with Gasteiger partial charge in [0.1, 0.15) is 5.25 Å². The molecule has 0 radical (unpaired) electrons. The molecule has 29 heavy (non-hydrogen) atoms. The lowest BCUT2D eigenvalue weighted by molar-refractivity contribution is -0.115. The predicted molar refractivity (Wildman–Crippen MR) is 122 cm³/mol. The van der Waals surface area contributed by atoms with Crippen molar-refractivity contribution in [2.24, 2.45) is 0 Å². The third-order valence-corrected chi connectivity index (χ3v) is 5.96. The van der Waals surface area contributed by atoms with E-state index in [2.05, 4.69) is 10.3 Å². The molecule has 0 aliphatic carbocycles. The van der Waals surface area contributed by atoms with Crippen LogP contribution >= 0.6 is 35.0 Å². The molecule has 0 saturated heterocycles. The maximum Gasteiger partial charge on any atom is 0.242 e. The number of nitrogens with zero attached hydrogens (tertiary/aromatic N) is 1. The summed E-state index contributed by atoms with van der Waals surface area (Å²) in [4.78, 5) is 17.6. The molecule has 0 bridgehead atoms. The number of aromatic nitrogens is 1. The summed E-state index contributed by atoms with van der Waals surface area (Å²) in [7, 11) is 0. The number of fused-ring (bicyclic) bond motifs is 1. The number of nitrogens with one attached hydrogen (secondary N) is 1. The molecule has 0 fully saturated rings. The summed E-state index contributed by atoms with van der Waals surface area (Å²) in [6.07, 6.45) is 1.72. The SMILES string of the molecule is O=C(Nc1cc(Cl)cc(Cl)c1)C(Sc1ccccn1)c1ccc2ccccc2c1. The summed E-state index contributed by atoms with van der Waals surface area (Å²) in [5.41, 5.74) is 1.45. The number of thioether (sulfide) groups is 1. The number of hydrogen-bond donors (Lipinski definition) is 1. The fourth-order valence-corrected chi connectivity index (χ4v) is 4.51. The molecule has 6 heteroatoms. The first kappa shape index (κ1) is 19.8. The molecule has 0 spiro atoms. The van der Waals surface area contributed by atoms with Gasteiger partial charge >= 0.3 is 0 Å². The van der Waals surface area contributed by atoms with Crippen LogP contribution in [-0.4, -0.2) is 10.9 Å². The van der Waals surface area contributed by atoms with Crippen LogP contribution in [0.15, 0.2) is 90.1 Å². The molecule has 144 valence electrons. The highest BCUT2D eigenvalue weighted by Crippen LogP contribution is 2.36. The van der Waals surface area contributed by atoms with Crippen LogP contribution in [0.1, 0.15) is 10.8 Å². The fourth-order valence-electron chi connectivity index (χ4n) is 3.02. The molecule has 0 aliphatic rings. The average Bonchev–Trinajstić information content (AvgIpc) is 2.71. The van der Waals surface area contributed by atoms with Crippen molar-refractivity contribution in [2.75, 3.05) is 5.32 Å². The van der Waals surface area contributed by atoms with Crippen LogP contribution < -0.4 is 5.32 Å². The van der Waals surface area contributed by atoms with Gasteiger partial charge in [0, 0.05) is 21.9 Å². The molecule has 1 atom stereocenters. The maximum atomic E-state index is 13.2. The zero-order valence-corrected chi connectivity index (χ0v) is 17.5. The van der Waals surface area contributed by atoms with Gasteiger partial charge in [-0.2, -0.15) is 0 Å². The molecule has 1 unspecified atom stereocenters. The van der Waals surface area contributed by atoms with E-state index < -0.39 is 5.25 Å². The number of carbonyl (C=O) groups is 1. The standard InChI is InChI=1S/C23H16Cl2N2OS/c24-18-12-19(25)14-20(13-18)27-23(28)22(29-21-7-3-4-10-26-21)17-9-8-15-5-1-2-6-16(15)11-17/h1-14,22H,(H,27,28). The second-order valence-corrected chi connectivity index (χ2v) is 8.42. The monoisotopic (exact) mass is 438 g/mol. The van der Waals surface area contributed by atoms with E-state index in [1.54, 1.807) is 24.4 Å². The van der Waals surface area contributed by atoms with Crippen LogP contribution in [0.3, 0.4) is 0 Å². The second-order valence-electron chi connectivity index (χ2n) is 6.42. The largest absolute Gasteiger partial charge is 0.325 e. The van der Waals surface area contributed by atoms with Gasteiger partial charge in [-0.25, -0.2) is 4.98 Å². The zero-order chi connectivity index (χ0) is 20.2. The minimum Gasteiger partial charge on any atom is -0.325 e. The van der Waals surface area contributed by atoms with E-state index in [0.29, 0.717) is 15.7 Å². The molecule has 0 saturated carbocycles. The first-order valence-electron chi connectivity index (χ1n) is 8.92. The molecule has 0 aliphatic heterocycles. The lowest BCUT2D eigenvalue weighted by atomic mass is 10.0. The van der Waals surface area contributed by atoms with Gasteiger partial charge in [0.25, 0.3) is 0 Å². The Morgan fingerprint density at radius 1 is 0.862 bits per heavy atom. The van der Waals surface area contributed by atoms with Gasteiger partial charge in [0.15, 0.2) is 0 Å². The third kappa shape index (κ3) is 4.91. The molecular weight excluding hydrogens is 423 g/mol. The molecule has 4 rings (SSSR count). The summed E-state index contributed by atoms with van der Waals surface area (Å²) in [6, 6.07) is 24.7. The Morgan fingerprint density at radius 3 is 2.31 bits per heavy atom. The van der Waals surface area contributed by atoms with Crippen molar-refractivity contribution in [1.29, 1.82) is 0 Å². The number of anilines is 1. The van der Waals surface area contributed by atoms with E-state index in [1.165, 1.54) is 11.8 Å². The van der Waals surface area contributed by atoms with Gasteiger partial charge in [-0.05, 0) is 52.7 Å². The van der Waals surface area contributed by atoms with E-state index >= 15 is 0 Å². The Labute approximate surface area is 183 Å². The highest BCUT2D eigenvalue weighted by molar-refractivity contribution is 8.00. The fraction of sp³-hybridized carbons (Fsp3) is 0.0435. The molecular formula is C23H16Cl2N2OS. The van der Waals surface area contributed by atoms with E-state index in [9.17, 15) is 4.79 Å². The van der Waals surface area contributed by atoms with Crippen LogP contribution in [0.5, 0.6) is 0 Å². The number of benzene rings is 3. The lowest BCUT2D eigenvalue weighted by Gasteiger charge is -2.17. The average molecular weight is 439 g/mol. The van der Waals surface area contributed by atoms with Crippen LogP contribution in [0.4, 0.5) is 5.69 Å². The summed E-state index contributed by atoms with van der Waals surface area (Å²) in [5, 5.41) is 6.34. The van der Waals surface area contributed by atoms with Crippen molar-refractivity contribution in [3.8, 4) is 0 Å². The number of hydrogen-bond acceptors (Lipinski definition) is 3. The minimum absolute atomic E-state index is 0.172. The van der Waals surface area contributed by atoms with Gasteiger partial charge in [-0.3, -0.25) is 4.79 Å². The molecule has 4 aromatic rings. The molecule has 1 N–H and O–H groups in total. The quantitative estimate of drug-likeness (QED) is 0.340. The first-order valence-corrected chi connectivity index (χ1v) is 10.6. The first-order chi connectivity index (χ1) is 14.1. The minimum atomic E-state index is -0.493.